The van der Waals surface area contributed by atoms with Gasteiger partial charge in [-0.2, -0.15) is 5.10 Å². The Bertz CT molecular complexity index is 761. The third-order valence-electron chi connectivity index (χ3n) is 4.53. The number of nitrogens with zero attached hydrogens (tertiary/aromatic N) is 3. The Hall–Kier alpha value is -2.63. The van der Waals surface area contributed by atoms with Crippen LogP contribution in [0.2, 0.25) is 0 Å². The van der Waals surface area contributed by atoms with Crippen LogP contribution >= 0.6 is 0 Å². The van der Waals surface area contributed by atoms with E-state index in [-0.39, 0.29) is 11.8 Å². The fourth-order valence-electron chi connectivity index (χ4n) is 3.22. The lowest BCUT2D eigenvalue weighted by atomic mass is 9.82. The highest BCUT2D eigenvalue weighted by Gasteiger charge is 2.47. The van der Waals surface area contributed by atoms with Crippen LogP contribution in [0.25, 0.3) is 0 Å². The summed E-state index contributed by atoms with van der Waals surface area (Å²) < 4.78 is 1.74. The van der Waals surface area contributed by atoms with Crippen LogP contribution in [0, 0.1) is 5.92 Å². The number of likely N-dealkylation sites (tertiary alicyclic amines) is 1. The Morgan fingerprint density at radius 3 is 2.48 bits per heavy atom. The first-order chi connectivity index (χ1) is 11.9. The second kappa shape index (κ2) is 6.70. The van der Waals surface area contributed by atoms with Gasteiger partial charge in [0.25, 0.3) is 5.91 Å². The molecule has 0 radical (unpaired) electrons. The number of rotatable bonds is 5. The van der Waals surface area contributed by atoms with E-state index in [1.165, 1.54) is 0 Å². The van der Waals surface area contributed by atoms with Crippen LogP contribution in [0.4, 0.5) is 0 Å². The Morgan fingerprint density at radius 1 is 1.20 bits per heavy atom. The van der Waals surface area contributed by atoms with Gasteiger partial charge >= 0.3 is 0 Å². The minimum Gasteiger partial charge on any atom is -0.338 e. The molecule has 2 amide bonds. The van der Waals surface area contributed by atoms with Gasteiger partial charge < -0.3 is 10.2 Å². The van der Waals surface area contributed by atoms with Crippen molar-refractivity contribution in [1.29, 1.82) is 0 Å². The molecule has 1 aromatic heterocycles. The summed E-state index contributed by atoms with van der Waals surface area (Å²) in [5.41, 5.74) is 1.01. The highest BCUT2D eigenvalue weighted by Crippen LogP contribution is 2.32. The fourth-order valence-corrected chi connectivity index (χ4v) is 3.22. The fraction of sp³-hybridized carbons (Fsp3) is 0.421. The number of aromatic nitrogens is 2. The van der Waals surface area contributed by atoms with Crippen molar-refractivity contribution in [3.63, 3.8) is 0 Å². The summed E-state index contributed by atoms with van der Waals surface area (Å²) in [6.45, 7) is 7.38. The van der Waals surface area contributed by atoms with Crippen LogP contribution < -0.4 is 5.32 Å². The van der Waals surface area contributed by atoms with Crippen LogP contribution in [0.3, 0.4) is 0 Å². The molecule has 1 aromatic carbocycles. The molecule has 1 saturated heterocycles. The normalized spacial score (nSPS) is 15.8. The zero-order chi connectivity index (χ0) is 18.0. The summed E-state index contributed by atoms with van der Waals surface area (Å²) >= 11 is 0. The number of amides is 2. The molecule has 2 heterocycles. The number of benzene rings is 1. The van der Waals surface area contributed by atoms with Crippen molar-refractivity contribution in [2.45, 2.75) is 32.9 Å². The Kier molecular flexibility index (Phi) is 4.61. The van der Waals surface area contributed by atoms with Crippen molar-refractivity contribution in [3.8, 4) is 0 Å². The first kappa shape index (κ1) is 17.2. The first-order valence-corrected chi connectivity index (χ1v) is 8.57. The zero-order valence-electron chi connectivity index (χ0n) is 14.9. The minimum atomic E-state index is -0.545. The third kappa shape index (κ3) is 3.43. The Balaban J connectivity index is 1.83. The molecule has 1 aliphatic heterocycles. The molecular weight excluding hydrogens is 316 g/mol. The van der Waals surface area contributed by atoms with Crippen molar-refractivity contribution >= 4 is 11.8 Å². The molecule has 1 fully saturated rings. The topological polar surface area (TPSA) is 67.2 Å². The summed E-state index contributed by atoms with van der Waals surface area (Å²) in [7, 11) is 0. The monoisotopic (exact) mass is 340 g/mol. The minimum absolute atomic E-state index is 0.0191. The number of carbonyl (C=O) groups is 2. The third-order valence-corrected chi connectivity index (χ3v) is 4.53. The molecule has 2 aromatic rings. The predicted octanol–water partition coefficient (Wildman–Crippen LogP) is 2.03. The van der Waals surface area contributed by atoms with E-state index >= 15 is 0 Å². The summed E-state index contributed by atoms with van der Waals surface area (Å²) in [4.78, 5) is 26.3. The van der Waals surface area contributed by atoms with E-state index in [1.807, 2.05) is 30.3 Å². The maximum Gasteiger partial charge on any atom is 0.270 e. The van der Waals surface area contributed by atoms with E-state index in [1.54, 1.807) is 28.8 Å². The van der Waals surface area contributed by atoms with Gasteiger partial charge in [0, 0.05) is 32.8 Å². The SMILES string of the molecule is CC(=O)N1CC(NC(=O)c2ccnn2CC(C)C)(c2ccccc2)C1. The quantitative estimate of drug-likeness (QED) is 0.905. The van der Waals surface area contributed by atoms with Gasteiger partial charge in [0.1, 0.15) is 11.2 Å². The van der Waals surface area contributed by atoms with Gasteiger partial charge in [0.15, 0.2) is 0 Å². The van der Waals surface area contributed by atoms with E-state index in [2.05, 4.69) is 24.3 Å². The van der Waals surface area contributed by atoms with E-state index < -0.39 is 5.54 Å². The lowest BCUT2D eigenvalue weighted by Crippen LogP contribution is -2.68. The lowest BCUT2D eigenvalue weighted by Gasteiger charge is -2.50. The lowest BCUT2D eigenvalue weighted by molar-refractivity contribution is -0.137. The first-order valence-electron chi connectivity index (χ1n) is 8.57. The molecule has 6 heteroatoms. The largest absolute Gasteiger partial charge is 0.338 e. The van der Waals surface area contributed by atoms with Crippen LogP contribution in [-0.4, -0.2) is 39.6 Å². The van der Waals surface area contributed by atoms with Crippen LogP contribution in [-0.2, 0) is 16.9 Å². The van der Waals surface area contributed by atoms with Gasteiger partial charge in [0.2, 0.25) is 5.91 Å². The molecule has 3 rings (SSSR count). The van der Waals surface area contributed by atoms with Gasteiger partial charge in [0.05, 0.1) is 0 Å². The molecule has 132 valence electrons. The highest BCUT2D eigenvalue weighted by molar-refractivity contribution is 5.93. The number of nitrogens with one attached hydrogen (secondary N) is 1. The number of hydrogen-bond donors (Lipinski definition) is 1. The van der Waals surface area contributed by atoms with E-state index in [0.29, 0.717) is 31.2 Å². The molecule has 0 bridgehead atoms. The Labute approximate surface area is 147 Å². The van der Waals surface area contributed by atoms with Crippen molar-refractivity contribution in [3.05, 3.63) is 53.9 Å². The van der Waals surface area contributed by atoms with Crippen molar-refractivity contribution in [1.82, 2.24) is 20.0 Å². The highest BCUT2D eigenvalue weighted by atomic mass is 16.2. The molecular formula is C19H24N4O2. The standard InChI is InChI=1S/C19H24N4O2/c1-14(2)11-23-17(9-10-20-23)18(25)21-19(12-22(13-19)15(3)24)16-7-5-4-6-8-16/h4-10,14H,11-13H2,1-3H3,(H,21,25). The second-order valence-electron chi connectivity index (χ2n) is 7.07. The van der Waals surface area contributed by atoms with Crippen molar-refractivity contribution in [2.24, 2.45) is 5.92 Å². The summed E-state index contributed by atoms with van der Waals surface area (Å²) in [6, 6.07) is 11.5. The average molecular weight is 340 g/mol. The van der Waals surface area contributed by atoms with Gasteiger partial charge in [-0.15, -0.1) is 0 Å². The summed E-state index contributed by atoms with van der Waals surface area (Å²) in [5.74, 6) is 0.252. The molecule has 0 spiro atoms. The average Bonchev–Trinajstić information content (AvgIpc) is 2.98. The Morgan fingerprint density at radius 2 is 1.88 bits per heavy atom. The molecule has 6 nitrogen and oxygen atoms in total. The van der Waals surface area contributed by atoms with Crippen molar-refractivity contribution in [2.75, 3.05) is 13.1 Å². The van der Waals surface area contributed by atoms with E-state index in [9.17, 15) is 9.59 Å². The number of carbonyl (C=O) groups excluding carboxylic acids is 2. The van der Waals surface area contributed by atoms with E-state index in [4.69, 9.17) is 0 Å². The molecule has 0 saturated carbocycles. The molecule has 25 heavy (non-hydrogen) atoms. The molecule has 0 unspecified atom stereocenters. The van der Waals surface area contributed by atoms with Crippen LogP contribution in [0.1, 0.15) is 36.8 Å². The van der Waals surface area contributed by atoms with Crippen molar-refractivity contribution < 1.29 is 9.59 Å². The van der Waals surface area contributed by atoms with Gasteiger partial charge in [-0.25, -0.2) is 0 Å². The second-order valence-corrected chi connectivity index (χ2v) is 7.07. The number of hydrogen-bond acceptors (Lipinski definition) is 3. The van der Waals surface area contributed by atoms with Crippen LogP contribution in [0.5, 0.6) is 0 Å². The smallest absolute Gasteiger partial charge is 0.270 e. The molecule has 0 atom stereocenters. The molecule has 1 aliphatic rings. The predicted molar refractivity (Wildman–Crippen MR) is 94.9 cm³/mol. The van der Waals surface area contributed by atoms with Crippen LogP contribution in [0.15, 0.2) is 42.6 Å². The molecule has 0 aliphatic carbocycles. The van der Waals surface area contributed by atoms with E-state index in [0.717, 1.165) is 5.56 Å². The van der Waals surface area contributed by atoms with Gasteiger partial charge in [-0.1, -0.05) is 44.2 Å². The molecule has 1 N–H and O–H groups in total. The summed E-state index contributed by atoms with van der Waals surface area (Å²) in [5, 5.41) is 7.41. The zero-order valence-corrected chi connectivity index (χ0v) is 14.9. The summed E-state index contributed by atoms with van der Waals surface area (Å²) in [6.07, 6.45) is 1.65. The maximum atomic E-state index is 12.9. The maximum absolute atomic E-state index is 12.9. The van der Waals surface area contributed by atoms with Gasteiger partial charge in [-0.3, -0.25) is 14.3 Å². The van der Waals surface area contributed by atoms with Gasteiger partial charge in [-0.05, 0) is 17.5 Å².